The number of rotatable bonds is 3. The van der Waals surface area contributed by atoms with Gasteiger partial charge in [-0.3, -0.25) is 0 Å². The number of benzene rings is 2. The summed E-state index contributed by atoms with van der Waals surface area (Å²) in [6, 6.07) is 17.2. The van der Waals surface area contributed by atoms with Crippen LogP contribution in [0.25, 0.3) is 0 Å². The molecule has 1 aliphatic rings. The molecule has 19 heavy (non-hydrogen) atoms. The maximum atomic E-state index is 10.8. The van der Waals surface area contributed by atoms with Gasteiger partial charge in [0.15, 0.2) is 0 Å². The number of aliphatic hydroxyl groups is 1. The lowest BCUT2D eigenvalue weighted by atomic mass is 9.84. The summed E-state index contributed by atoms with van der Waals surface area (Å²) in [6.45, 7) is 2.15. The minimum atomic E-state index is -0.661. The Labute approximate surface area is 113 Å². The zero-order valence-corrected chi connectivity index (χ0v) is 11.0. The minimum Gasteiger partial charge on any atom is -0.508 e. The third-order valence-corrected chi connectivity index (χ3v) is 4.39. The van der Waals surface area contributed by atoms with E-state index in [1.54, 1.807) is 18.2 Å². The first-order valence-electron chi connectivity index (χ1n) is 6.68. The van der Waals surface area contributed by atoms with Crippen LogP contribution in [0.4, 0.5) is 0 Å². The molecule has 0 aliphatic heterocycles. The smallest absolute Gasteiger partial charge is 0.121 e. The Bertz CT molecular complexity index is 579. The van der Waals surface area contributed by atoms with E-state index in [1.807, 2.05) is 24.3 Å². The monoisotopic (exact) mass is 254 g/mol. The van der Waals surface area contributed by atoms with Crippen molar-refractivity contribution in [2.75, 3.05) is 0 Å². The molecule has 98 valence electrons. The predicted molar refractivity (Wildman–Crippen MR) is 75.0 cm³/mol. The second-order valence-corrected chi connectivity index (χ2v) is 5.47. The highest BCUT2D eigenvalue weighted by Gasteiger charge is 2.58. The summed E-state index contributed by atoms with van der Waals surface area (Å²) in [7, 11) is 0. The average Bonchev–Trinajstić information content (AvgIpc) is 3.12. The summed E-state index contributed by atoms with van der Waals surface area (Å²) in [6.07, 6.45) is 0.290. The van der Waals surface area contributed by atoms with E-state index in [4.69, 9.17) is 0 Å². The highest BCUT2D eigenvalue weighted by molar-refractivity contribution is 5.43. The van der Waals surface area contributed by atoms with E-state index in [9.17, 15) is 10.2 Å². The van der Waals surface area contributed by atoms with Gasteiger partial charge in [-0.15, -0.1) is 0 Å². The topological polar surface area (TPSA) is 40.5 Å². The summed E-state index contributed by atoms with van der Waals surface area (Å²) in [5, 5.41) is 20.7. The first-order chi connectivity index (χ1) is 9.16. The van der Waals surface area contributed by atoms with Crippen molar-refractivity contribution < 1.29 is 10.2 Å². The Kier molecular flexibility index (Phi) is 2.83. The highest BCUT2D eigenvalue weighted by atomic mass is 16.3. The molecule has 0 bridgehead atoms. The first kappa shape index (κ1) is 12.2. The van der Waals surface area contributed by atoms with E-state index in [-0.39, 0.29) is 11.2 Å². The second-order valence-electron chi connectivity index (χ2n) is 5.47. The van der Waals surface area contributed by atoms with Crippen LogP contribution in [0.15, 0.2) is 54.6 Å². The summed E-state index contributed by atoms with van der Waals surface area (Å²) in [4.78, 5) is 0. The van der Waals surface area contributed by atoms with Crippen molar-refractivity contribution in [3.8, 4) is 5.75 Å². The predicted octanol–water partition coefficient (Wildman–Crippen LogP) is 3.40. The van der Waals surface area contributed by atoms with Crippen LogP contribution in [0.1, 0.15) is 30.6 Å². The fraction of sp³-hybridized carbons (Fsp3) is 0.294. The molecule has 1 saturated carbocycles. The minimum absolute atomic E-state index is 0.171. The summed E-state index contributed by atoms with van der Waals surface area (Å²) in [5.41, 5.74) is 1.52. The van der Waals surface area contributed by atoms with Crippen LogP contribution in [-0.2, 0) is 5.41 Å². The zero-order chi connectivity index (χ0) is 13.5. The van der Waals surface area contributed by atoms with Gasteiger partial charge in [-0.05, 0) is 24.0 Å². The van der Waals surface area contributed by atoms with E-state index >= 15 is 0 Å². The highest BCUT2D eigenvalue weighted by Crippen LogP contribution is 2.61. The van der Waals surface area contributed by atoms with Crippen molar-refractivity contribution in [3.63, 3.8) is 0 Å². The molecule has 3 rings (SSSR count). The molecule has 0 saturated heterocycles. The zero-order valence-electron chi connectivity index (χ0n) is 11.0. The number of phenols is 1. The van der Waals surface area contributed by atoms with Crippen LogP contribution in [0.2, 0.25) is 0 Å². The number of hydrogen-bond acceptors (Lipinski definition) is 2. The second kappa shape index (κ2) is 4.39. The Morgan fingerprint density at radius 3 is 2.21 bits per heavy atom. The molecule has 1 fully saturated rings. The molecule has 2 heteroatoms. The van der Waals surface area contributed by atoms with Gasteiger partial charge in [-0.25, -0.2) is 0 Å². The molecule has 1 unspecified atom stereocenters. The van der Waals surface area contributed by atoms with E-state index in [1.165, 1.54) is 0 Å². The Balaban J connectivity index is 2.03. The van der Waals surface area contributed by atoms with Gasteiger partial charge in [0.1, 0.15) is 5.75 Å². The van der Waals surface area contributed by atoms with Gasteiger partial charge in [0.25, 0.3) is 0 Å². The van der Waals surface area contributed by atoms with E-state index in [0.29, 0.717) is 11.5 Å². The van der Waals surface area contributed by atoms with Crippen LogP contribution in [0.5, 0.6) is 5.75 Å². The molecule has 0 spiro atoms. The van der Waals surface area contributed by atoms with Crippen LogP contribution < -0.4 is 0 Å². The molecule has 0 aromatic heterocycles. The van der Waals surface area contributed by atoms with Gasteiger partial charge in [0.2, 0.25) is 0 Å². The van der Waals surface area contributed by atoms with E-state index in [2.05, 4.69) is 19.1 Å². The van der Waals surface area contributed by atoms with Crippen LogP contribution in [0.3, 0.4) is 0 Å². The van der Waals surface area contributed by atoms with Crippen molar-refractivity contribution in [2.45, 2.75) is 24.9 Å². The molecule has 1 aliphatic carbocycles. The van der Waals surface area contributed by atoms with Gasteiger partial charge in [0.05, 0.1) is 6.10 Å². The lowest BCUT2D eigenvalue weighted by molar-refractivity contribution is 0.123. The fourth-order valence-corrected chi connectivity index (χ4v) is 3.13. The first-order valence-corrected chi connectivity index (χ1v) is 6.68. The Hall–Kier alpha value is -1.80. The normalized spacial score (nSPS) is 26.9. The lowest BCUT2D eigenvalue weighted by Crippen LogP contribution is -2.20. The number of para-hydroxylation sites is 1. The number of hydrogen-bond donors (Lipinski definition) is 2. The fourth-order valence-electron chi connectivity index (χ4n) is 3.13. The standard InChI is InChI=1S/C17H18O2/c1-12-11-17(12,13-7-3-2-4-8-13)16(19)14-9-5-6-10-15(14)18/h2-10,12,16,18-19H,11H2,1H3/t12-,16?,17+/m0/s1. The van der Waals surface area contributed by atoms with Crippen molar-refractivity contribution in [2.24, 2.45) is 5.92 Å². The number of phenolic OH excluding ortho intramolecular Hbond substituents is 1. The molecular formula is C17H18O2. The van der Waals surface area contributed by atoms with Gasteiger partial charge < -0.3 is 10.2 Å². The maximum absolute atomic E-state index is 10.8. The van der Waals surface area contributed by atoms with Crippen molar-refractivity contribution >= 4 is 0 Å². The maximum Gasteiger partial charge on any atom is 0.121 e. The number of aliphatic hydroxyl groups excluding tert-OH is 1. The molecule has 2 aromatic carbocycles. The van der Waals surface area contributed by atoms with Crippen molar-refractivity contribution in [1.82, 2.24) is 0 Å². The van der Waals surface area contributed by atoms with Gasteiger partial charge in [-0.2, -0.15) is 0 Å². The van der Waals surface area contributed by atoms with Crippen LogP contribution in [0, 0.1) is 5.92 Å². The van der Waals surface area contributed by atoms with Crippen molar-refractivity contribution in [3.05, 3.63) is 65.7 Å². The summed E-state index contributed by atoms with van der Waals surface area (Å²) < 4.78 is 0. The van der Waals surface area contributed by atoms with Gasteiger partial charge in [-0.1, -0.05) is 55.5 Å². The van der Waals surface area contributed by atoms with E-state index < -0.39 is 6.10 Å². The molecule has 2 aromatic rings. The lowest BCUT2D eigenvalue weighted by Gasteiger charge is -2.25. The SMILES string of the molecule is C[C@H]1C[C@@]1(c1ccccc1)C(O)c1ccccc1O. The van der Waals surface area contributed by atoms with E-state index in [0.717, 1.165) is 12.0 Å². The number of aromatic hydroxyl groups is 1. The molecule has 2 N–H and O–H groups in total. The van der Waals surface area contributed by atoms with Crippen molar-refractivity contribution in [1.29, 1.82) is 0 Å². The van der Waals surface area contributed by atoms with Gasteiger partial charge in [0, 0.05) is 11.0 Å². The van der Waals surface area contributed by atoms with Gasteiger partial charge >= 0.3 is 0 Å². The molecule has 3 atom stereocenters. The molecular weight excluding hydrogens is 236 g/mol. The summed E-state index contributed by atoms with van der Waals surface area (Å²) in [5.74, 6) is 0.592. The molecule has 0 heterocycles. The quantitative estimate of drug-likeness (QED) is 0.881. The third kappa shape index (κ3) is 1.83. The molecule has 2 nitrogen and oxygen atoms in total. The molecule has 0 radical (unpaired) electrons. The third-order valence-electron chi connectivity index (χ3n) is 4.39. The van der Waals surface area contributed by atoms with Crippen LogP contribution >= 0.6 is 0 Å². The summed E-state index contributed by atoms with van der Waals surface area (Å²) >= 11 is 0. The average molecular weight is 254 g/mol. The Morgan fingerprint density at radius 2 is 1.63 bits per heavy atom. The van der Waals surface area contributed by atoms with Crippen LogP contribution in [-0.4, -0.2) is 10.2 Å². The molecule has 0 amide bonds. The largest absolute Gasteiger partial charge is 0.508 e. The Morgan fingerprint density at radius 1 is 1.05 bits per heavy atom.